The minimum absolute atomic E-state index is 0. The van der Waals surface area contributed by atoms with Gasteiger partial charge in [-0.05, 0) is 17.7 Å². The number of methoxy groups -OCH3 is 1. The largest absolute Gasteiger partial charge is 0.497 e. The molecule has 0 unspecified atom stereocenters. The molecule has 3 heterocycles. The summed E-state index contributed by atoms with van der Waals surface area (Å²) in [4.78, 5) is 30.1. The Morgan fingerprint density at radius 2 is 1.47 bits per heavy atom. The predicted molar refractivity (Wildman–Crippen MR) is 122 cm³/mol. The number of hydrazine groups is 1. The van der Waals surface area contributed by atoms with Gasteiger partial charge >= 0.3 is 0 Å². The number of hydrogen-bond acceptors (Lipinski definition) is 10. The van der Waals surface area contributed by atoms with E-state index < -0.39 is 0 Å². The van der Waals surface area contributed by atoms with Crippen molar-refractivity contribution in [2.75, 3.05) is 74.9 Å². The third-order valence-electron chi connectivity index (χ3n) is 5.04. The lowest BCUT2D eigenvalue weighted by atomic mass is 10.1. The van der Waals surface area contributed by atoms with Gasteiger partial charge < -0.3 is 24.0 Å². The van der Waals surface area contributed by atoms with Crippen LogP contribution in [0.5, 0.6) is 5.75 Å². The molecule has 174 valence electrons. The second-order valence-electron chi connectivity index (χ2n) is 7.16. The van der Waals surface area contributed by atoms with E-state index in [0.717, 1.165) is 11.3 Å². The van der Waals surface area contributed by atoms with Crippen LogP contribution < -0.4 is 25.4 Å². The summed E-state index contributed by atoms with van der Waals surface area (Å²) in [5, 5.41) is 0. The Labute approximate surface area is 192 Å². The van der Waals surface area contributed by atoms with Gasteiger partial charge in [0.15, 0.2) is 0 Å². The fraction of sp³-hybridized carbons (Fsp3) is 0.500. The number of carbonyl (C=O) groups excluding carboxylic acids is 1. The Balaban J connectivity index is 0.00000289. The second-order valence-corrected chi connectivity index (χ2v) is 7.16. The summed E-state index contributed by atoms with van der Waals surface area (Å²) in [6, 6.07) is 7.36. The van der Waals surface area contributed by atoms with Crippen LogP contribution >= 0.6 is 12.4 Å². The van der Waals surface area contributed by atoms with Gasteiger partial charge in [0.2, 0.25) is 23.8 Å². The number of halogens is 1. The van der Waals surface area contributed by atoms with Crippen molar-refractivity contribution in [3.63, 3.8) is 0 Å². The van der Waals surface area contributed by atoms with E-state index in [1.807, 2.05) is 24.3 Å². The Kier molecular flexibility index (Phi) is 8.65. The van der Waals surface area contributed by atoms with Crippen LogP contribution in [0.15, 0.2) is 24.3 Å². The van der Waals surface area contributed by atoms with Gasteiger partial charge in [-0.1, -0.05) is 12.1 Å². The predicted octanol–water partition coefficient (Wildman–Crippen LogP) is 0.661. The lowest BCUT2D eigenvalue weighted by molar-refractivity contribution is -0.119. The fourth-order valence-corrected chi connectivity index (χ4v) is 3.32. The highest BCUT2D eigenvalue weighted by molar-refractivity contribution is 5.85. The maximum atomic E-state index is 12.4. The van der Waals surface area contributed by atoms with Gasteiger partial charge in [-0.15, -0.1) is 12.4 Å². The molecule has 2 aliphatic heterocycles. The lowest BCUT2D eigenvalue weighted by Gasteiger charge is -2.30. The normalized spacial score (nSPS) is 16.2. The van der Waals surface area contributed by atoms with E-state index in [1.54, 1.807) is 7.11 Å². The Hall–Kier alpha value is -2.89. The average Bonchev–Trinajstić information content (AvgIpc) is 2.84. The Morgan fingerprint density at radius 1 is 0.938 bits per heavy atom. The fourth-order valence-electron chi connectivity index (χ4n) is 3.32. The van der Waals surface area contributed by atoms with Gasteiger partial charge in [-0.25, -0.2) is 0 Å². The number of anilines is 3. The number of aromatic nitrogens is 3. The molecule has 0 aliphatic carbocycles. The zero-order valence-corrected chi connectivity index (χ0v) is 18.8. The third-order valence-corrected chi connectivity index (χ3v) is 5.04. The SMILES string of the molecule is COc1ccc(CC(=O)NNc2nc(N3CCOCC3)nc(N3CCOCC3)n2)cc1.Cl. The van der Waals surface area contributed by atoms with Crippen molar-refractivity contribution >= 4 is 36.2 Å². The minimum atomic E-state index is -0.202. The number of rotatable bonds is 7. The molecule has 2 aromatic rings. The highest BCUT2D eigenvalue weighted by Gasteiger charge is 2.21. The van der Waals surface area contributed by atoms with Gasteiger partial charge in [0.1, 0.15) is 5.75 Å². The first-order valence-corrected chi connectivity index (χ1v) is 10.3. The van der Waals surface area contributed by atoms with Crippen LogP contribution in [0.4, 0.5) is 17.8 Å². The van der Waals surface area contributed by atoms with Crippen LogP contribution in [0.1, 0.15) is 5.56 Å². The van der Waals surface area contributed by atoms with Crippen molar-refractivity contribution in [2.24, 2.45) is 0 Å². The molecule has 0 atom stereocenters. The smallest absolute Gasteiger partial charge is 0.248 e. The summed E-state index contributed by atoms with van der Waals surface area (Å²) in [5.74, 6) is 1.96. The van der Waals surface area contributed by atoms with Crippen LogP contribution in [0.25, 0.3) is 0 Å². The third kappa shape index (κ3) is 6.31. The quantitative estimate of drug-likeness (QED) is 0.565. The van der Waals surface area contributed by atoms with E-state index in [2.05, 4.69) is 35.6 Å². The highest BCUT2D eigenvalue weighted by Crippen LogP contribution is 2.18. The van der Waals surface area contributed by atoms with Crippen LogP contribution in [-0.2, 0) is 20.7 Å². The maximum absolute atomic E-state index is 12.4. The molecule has 2 N–H and O–H groups in total. The van der Waals surface area contributed by atoms with Crippen molar-refractivity contribution in [3.05, 3.63) is 29.8 Å². The molecular weight excluding hydrogens is 438 g/mol. The zero-order chi connectivity index (χ0) is 21.5. The molecule has 0 saturated carbocycles. The Bertz CT molecular complexity index is 839. The maximum Gasteiger partial charge on any atom is 0.248 e. The number of hydrogen-bond donors (Lipinski definition) is 2. The summed E-state index contributed by atoms with van der Waals surface area (Å²) >= 11 is 0. The molecule has 11 nitrogen and oxygen atoms in total. The topological polar surface area (TPSA) is 114 Å². The first-order valence-electron chi connectivity index (χ1n) is 10.3. The molecule has 0 bridgehead atoms. The summed E-state index contributed by atoms with van der Waals surface area (Å²) in [6.45, 7) is 5.32. The van der Waals surface area contributed by atoms with Crippen LogP contribution in [0.3, 0.4) is 0 Å². The lowest BCUT2D eigenvalue weighted by Crippen LogP contribution is -2.40. The standard InChI is InChI=1S/C20H27N7O4.ClH/c1-29-16-4-2-15(3-5-16)14-17(28)24-25-18-21-19(26-6-10-30-11-7-26)23-20(22-18)27-8-12-31-13-9-27;/h2-5H,6-14H2,1H3,(H,24,28)(H,21,22,23,25);1H. The van der Waals surface area contributed by atoms with E-state index in [0.29, 0.717) is 70.5 Å². The summed E-state index contributed by atoms with van der Waals surface area (Å²) in [6.07, 6.45) is 0.217. The first kappa shape index (κ1) is 23.8. The van der Waals surface area contributed by atoms with E-state index in [1.165, 1.54) is 0 Å². The first-order chi connectivity index (χ1) is 15.2. The molecule has 1 aromatic heterocycles. The molecule has 0 radical (unpaired) electrons. The average molecular weight is 466 g/mol. The summed E-state index contributed by atoms with van der Waals surface area (Å²) in [5.41, 5.74) is 6.39. The number of nitrogens with zero attached hydrogens (tertiary/aromatic N) is 5. The number of nitrogens with one attached hydrogen (secondary N) is 2. The number of ether oxygens (including phenoxy) is 3. The molecule has 1 aromatic carbocycles. The van der Waals surface area contributed by atoms with E-state index >= 15 is 0 Å². The molecule has 0 spiro atoms. The minimum Gasteiger partial charge on any atom is -0.497 e. The van der Waals surface area contributed by atoms with Crippen molar-refractivity contribution in [3.8, 4) is 5.75 Å². The summed E-state index contributed by atoms with van der Waals surface area (Å²) < 4.78 is 16.0. The van der Waals surface area contributed by atoms with Gasteiger partial charge in [-0.2, -0.15) is 15.0 Å². The monoisotopic (exact) mass is 465 g/mol. The molecule has 1 amide bonds. The highest BCUT2D eigenvalue weighted by atomic mass is 35.5. The molecule has 32 heavy (non-hydrogen) atoms. The van der Waals surface area contributed by atoms with Gasteiger partial charge in [0.25, 0.3) is 0 Å². The molecular formula is C20H28ClN7O4. The number of morpholine rings is 2. The zero-order valence-electron chi connectivity index (χ0n) is 18.0. The van der Waals surface area contributed by atoms with Gasteiger partial charge in [0.05, 0.1) is 40.0 Å². The van der Waals surface area contributed by atoms with E-state index in [-0.39, 0.29) is 24.7 Å². The van der Waals surface area contributed by atoms with Crippen molar-refractivity contribution in [1.82, 2.24) is 20.4 Å². The van der Waals surface area contributed by atoms with Crippen LogP contribution in [0, 0.1) is 0 Å². The molecule has 4 rings (SSSR count). The molecule has 2 aliphatic rings. The molecule has 2 saturated heterocycles. The second kappa shape index (κ2) is 11.7. The summed E-state index contributed by atoms with van der Waals surface area (Å²) in [7, 11) is 1.61. The number of amides is 1. The molecule has 12 heteroatoms. The van der Waals surface area contributed by atoms with Crippen LogP contribution in [0.2, 0.25) is 0 Å². The van der Waals surface area contributed by atoms with E-state index in [9.17, 15) is 4.79 Å². The number of carbonyl (C=O) groups is 1. The van der Waals surface area contributed by atoms with Crippen molar-refractivity contribution < 1.29 is 19.0 Å². The van der Waals surface area contributed by atoms with Crippen LogP contribution in [-0.4, -0.2) is 80.6 Å². The van der Waals surface area contributed by atoms with Gasteiger partial charge in [-0.3, -0.25) is 15.6 Å². The number of benzene rings is 1. The molecule has 2 fully saturated rings. The van der Waals surface area contributed by atoms with Crippen molar-refractivity contribution in [1.29, 1.82) is 0 Å². The Morgan fingerprint density at radius 3 is 1.97 bits per heavy atom. The van der Waals surface area contributed by atoms with Crippen molar-refractivity contribution in [2.45, 2.75) is 6.42 Å². The van der Waals surface area contributed by atoms with E-state index in [4.69, 9.17) is 14.2 Å². The van der Waals surface area contributed by atoms with Gasteiger partial charge in [0, 0.05) is 26.2 Å².